The minimum atomic E-state index is 0.197. The van der Waals surface area contributed by atoms with Crippen LogP contribution in [0.1, 0.15) is 42.5 Å². The van der Waals surface area contributed by atoms with Gasteiger partial charge in [-0.15, -0.1) is 0 Å². The van der Waals surface area contributed by atoms with Crippen LogP contribution in [0.4, 0.5) is 29.0 Å². The number of rotatable bonds is 6. The van der Waals surface area contributed by atoms with Crippen LogP contribution in [0.2, 0.25) is 0 Å². The number of aryl methyl sites for hydroxylation is 1. The molecule has 8 nitrogen and oxygen atoms in total. The van der Waals surface area contributed by atoms with Crippen LogP contribution in [0.25, 0.3) is 0 Å². The number of aromatic nitrogens is 3. The average molecular weight is 444 g/mol. The van der Waals surface area contributed by atoms with E-state index in [1.54, 1.807) is 0 Å². The molecule has 2 aliphatic heterocycles. The van der Waals surface area contributed by atoms with Crippen LogP contribution in [0.5, 0.6) is 0 Å². The lowest BCUT2D eigenvalue weighted by molar-refractivity contribution is -0.117. The summed E-state index contributed by atoms with van der Waals surface area (Å²) in [4.78, 5) is 30.4. The van der Waals surface area contributed by atoms with Gasteiger partial charge in [-0.2, -0.15) is 4.98 Å². The summed E-state index contributed by atoms with van der Waals surface area (Å²) >= 11 is 0. The molecule has 170 valence electrons. The van der Waals surface area contributed by atoms with Crippen molar-refractivity contribution in [3.05, 3.63) is 59.4 Å². The lowest BCUT2D eigenvalue weighted by Gasteiger charge is -2.20. The molecule has 1 aromatic carbocycles. The number of hydrogen-bond donors (Lipinski definition) is 2. The van der Waals surface area contributed by atoms with Gasteiger partial charge in [-0.25, -0.2) is 9.97 Å². The molecule has 4 heterocycles. The minimum Gasteiger partial charge on any atom is -0.324 e. The van der Waals surface area contributed by atoms with Crippen molar-refractivity contribution in [3.8, 4) is 0 Å². The maximum Gasteiger partial charge on any atom is 0.229 e. The first-order chi connectivity index (χ1) is 16.0. The Hall–Kier alpha value is -3.52. The number of carbonyl (C=O) groups excluding carboxylic acids is 1. The molecule has 8 heteroatoms. The number of carbonyl (C=O) groups is 1. The van der Waals surface area contributed by atoms with Crippen molar-refractivity contribution in [2.75, 3.05) is 35.3 Å². The molecule has 1 amide bonds. The third-order valence-corrected chi connectivity index (χ3v) is 6.28. The highest BCUT2D eigenvalue weighted by molar-refractivity contribution is 5.96. The van der Waals surface area contributed by atoms with Crippen LogP contribution in [-0.2, 0) is 11.3 Å². The number of nitrogens with zero attached hydrogens (tertiary/aromatic N) is 5. The number of fused-ring (bicyclic) bond motifs is 1. The molecule has 1 fully saturated rings. The second-order valence-corrected chi connectivity index (χ2v) is 8.78. The summed E-state index contributed by atoms with van der Waals surface area (Å²) in [6, 6.07) is 12.1. The zero-order valence-electron chi connectivity index (χ0n) is 19.3. The molecule has 2 aliphatic rings. The first-order valence-corrected chi connectivity index (χ1v) is 11.5. The number of benzene rings is 1. The normalized spacial score (nSPS) is 17.5. The molecule has 0 bridgehead atoms. The number of pyridine rings is 1. The van der Waals surface area contributed by atoms with Gasteiger partial charge in [-0.3, -0.25) is 4.79 Å². The molecule has 1 unspecified atom stereocenters. The zero-order chi connectivity index (χ0) is 22.9. The van der Waals surface area contributed by atoms with E-state index in [0.717, 1.165) is 65.9 Å². The third-order valence-electron chi connectivity index (χ3n) is 6.28. The van der Waals surface area contributed by atoms with Crippen LogP contribution in [0.3, 0.4) is 0 Å². The van der Waals surface area contributed by atoms with E-state index in [0.29, 0.717) is 18.3 Å². The predicted octanol–water partition coefficient (Wildman–Crippen LogP) is 4.03. The second kappa shape index (κ2) is 8.78. The van der Waals surface area contributed by atoms with Gasteiger partial charge in [-0.05, 0) is 56.3 Å². The van der Waals surface area contributed by atoms with E-state index in [1.807, 2.05) is 61.5 Å². The Morgan fingerprint density at radius 3 is 2.79 bits per heavy atom. The lowest BCUT2D eigenvalue weighted by atomic mass is 10.1. The number of nitrogens with one attached hydrogen (secondary N) is 2. The molecule has 5 rings (SSSR count). The van der Waals surface area contributed by atoms with E-state index < -0.39 is 0 Å². The van der Waals surface area contributed by atoms with Crippen LogP contribution in [0, 0.1) is 6.92 Å². The Morgan fingerprint density at radius 1 is 1.15 bits per heavy atom. The van der Waals surface area contributed by atoms with Crippen molar-refractivity contribution < 1.29 is 4.79 Å². The average Bonchev–Trinajstić information content (AvgIpc) is 3.37. The molecule has 0 radical (unpaired) electrons. The van der Waals surface area contributed by atoms with Crippen LogP contribution in [0.15, 0.2) is 42.6 Å². The van der Waals surface area contributed by atoms with Gasteiger partial charge in [-0.1, -0.05) is 13.0 Å². The Bertz CT molecular complexity index is 1200. The molecular formula is C25H29N7O. The fourth-order valence-corrected chi connectivity index (χ4v) is 4.63. The van der Waals surface area contributed by atoms with Gasteiger partial charge in [0.15, 0.2) is 0 Å². The molecule has 2 aromatic heterocycles. The third kappa shape index (κ3) is 4.14. The Morgan fingerprint density at radius 2 is 2.03 bits per heavy atom. The van der Waals surface area contributed by atoms with Crippen molar-refractivity contribution in [2.45, 2.75) is 39.2 Å². The van der Waals surface area contributed by atoms with Gasteiger partial charge in [0.05, 0.1) is 5.69 Å². The fraction of sp³-hybridized carbons (Fsp3) is 0.360. The molecule has 0 saturated carbocycles. The first-order valence-electron chi connectivity index (χ1n) is 11.5. The molecule has 1 saturated heterocycles. The molecule has 0 aliphatic carbocycles. The van der Waals surface area contributed by atoms with E-state index in [9.17, 15) is 4.79 Å². The smallest absolute Gasteiger partial charge is 0.229 e. The SMILES string of the molecule is CNCc1cccc(N2CC(C)c3cnc(Nc4ccc(N5CCCC5=O)c(C)c4)nc32)n1. The van der Waals surface area contributed by atoms with E-state index >= 15 is 0 Å². The Balaban J connectivity index is 1.40. The molecule has 2 N–H and O–H groups in total. The summed E-state index contributed by atoms with van der Waals surface area (Å²) in [7, 11) is 1.92. The number of anilines is 5. The zero-order valence-corrected chi connectivity index (χ0v) is 19.3. The number of hydrogen-bond acceptors (Lipinski definition) is 7. The van der Waals surface area contributed by atoms with Gasteiger partial charge in [0.1, 0.15) is 11.6 Å². The lowest BCUT2D eigenvalue weighted by Crippen LogP contribution is -2.24. The number of amides is 1. The summed E-state index contributed by atoms with van der Waals surface area (Å²) in [5.74, 6) is 2.85. The largest absolute Gasteiger partial charge is 0.324 e. The standard InChI is InChI=1S/C25H29N7O/c1-16-12-18(9-10-21(16)31-11-5-8-23(31)33)29-25-27-14-20-17(2)15-32(24(20)30-25)22-7-4-6-19(28-22)13-26-3/h4,6-7,9-10,12,14,17,26H,5,8,11,13,15H2,1-3H3,(H,27,29,30). The van der Waals surface area contributed by atoms with Crippen molar-refractivity contribution in [1.82, 2.24) is 20.3 Å². The van der Waals surface area contributed by atoms with Crippen LogP contribution in [-0.4, -0.2) is 41.0 Å². The van der Waals surface area contributed by atoms with E-state index in [1.165, 1.54) is 0 Å². The van der Waals surface area contributed by atoms with E-state index in [-0.39, 0.29) is 5.91 Å². The monoisotopic (exact) mass is 443 g/mol. The van der Waals surface area contributed by atoms with E-state index in [4.69, 9.17) is 9.97 Å². The van der Waals surface area contributed by atoms with Crippen molar-refractivity contribution in [2.24, 2.45) is 0 Å². The summed E-state index contributed by atoms with van der Waals surface area (Å²) < 4.78 is 0. The van der Waals surface area contributed by atoms with Crippen molar-refractivity contribution in [1.29, 1.82) is 0 Å². The van der Waals surface area contributed by atoms with Crippen LogP contribution < -0.4 is 20.4 Å². The second-order valence-electron chi connectivity index (χ2n) is 8.78. The predicted molar refractivity (Wildman–Crippen MR) is 131 cm³/mol. The van der Waals surface area contributed by atoms with Crippen LogP contribution >= 0.6 is 0 Å². The highest BCUT2D eigenvalue weighted by Crippen LogP contribution is 2.39. The molecule has 1 atom stereocenters. The topological polar surface area (TPSA) is 86.3 Å². The van der Waals surface area contributed by atoms with Gasteiger partial charge in [0.2, 0.25) is 11.9 Å². The quantitative estimate of drug-likeness (QED) is 0.595. The minimum absolute atomic E-state index is 0.197. The van der Waals surface area contributed by atoms with Crippen molar-refractivity contribution >= 4 is 34.9 Å². The maximum atomic E-state index is 12.1. The molecule has 33 heavy (non-hydrogen) atoms. The molecule has 0 spiro atoms. The summed E-state index contributed by atoms with van der Waals surface area (Å²) in [5, 5.41) is 6.50. The van der Waals surface area contributed by atoms with Gasteiger partial charge in [0.25, 0.3) is 0 Å². The first kappa shape index (κ1) is 21.3. The Kier molecular flexibility index (Phi) is 5.68. The van der Waals surface area contributed by atoms with Crippen molar-refractivity contribution in [3.63, 3.8) is 0 Å². The summed E-state index contributed by atoms with van der Waals surface area (Å²) in [6.45, 7) is 6.55. The maximum absolute atomic E-state index is 12.1. The summed E-state index contributed by atoms with van der Waals surface area (Å²) in [6.07, 6.45) is 3.46. The highest BCUT2D eigenvalue weighted by Gasteiger charge is 2.30. The van der Waals surface area contributed by atoms with Gasteiger partial charge < -0.3 is 20.4 Å². The Labute approximate surface area is 194 Å². The van der Waals surface area contributed by atoms with E-state index in [2.05, 4.69) is 27.4 Å². The summed E-state index contributed by atoms with van der Waals surface area (Å²) in [5.41, 5.74) is 5.05. The molecular weight excluding hydrogens is 414 g/mol. The van der Waals surface area contributed by atoms with Gasteiger partial charge >= 0.3 is 0 Å². The van der Waals surface area contributed by atoms with Gasteiger partial charge in [0, 0.05) is 55.1 Å². The fourth-order valence-electron chi connectivity index (χ4n) is 4.63. The molecule has 3 aromatic rings. The highest BCUT2D eigenvalue weighted by atomic mass is 16.2.